The van der Waals surface area contributed by atoms with Crippen LogP contribution in [-0.2, 0) is 7.05 Å². The number of piperidine rings is 1. The Kier molecular flexibility index (Phi) is 3.83. The molecule has 0 bridgehead atoms. The van der Waals surface area contributed by atoms with Crippen molar-refractivity contribution in [3.05, 3.63) is 52.2 Å². The molecule has 0 unspecified atom stereocenters. The molecule has 22 heavy (non-hydrogen) atoms. The molecule has 1 fully saturated rings. The van der Waals surface area contributed by atoms with E-state index < -0.39 is 0 Å². The Bertz CT molecular complexity index is 747. The number of amides is 1. The second-order valence-electron chi connectivity index (χ2n) is 5.88. The number of aryl methyl sites for hydroxylation is 2. The van der Waals surface area contributed by atoms with Gasteiger partial charge in [-0.25, -0.2) is 0 Å². The van der Waals surface area contributed by atoms with Crippen LogP contribution in [0, 0.1) is 6.92 Å². The third-order valence-corrected chi connectivity index (χ3v) is 4.14. The summed E-state index contributed by atoms with van der Waals surface area (Å²) in [5.74, 6) is -0.185. The van der Waals surface area contributed by atoms with Gasteiger partial charge in [-0.3, -0.25) is 14.3 Å². The molecule has 0 aromatic carbocycles. The lowest BCUT2D eigenvalue weighted by atomic mass is 10.0. The highest BCUT2D eigenvalue weighted by Gasteiger charge is 2.27. The molecule has 3 heterocycles. The highest BCUT2D eigenvalue weighted by molar-refractivity contribution is 5.93. The molecular formula is C16H20N4O2. The maximum Gasteiger partial charge on any atom is 0.263 e. The van der Waals surface area contributed by atoms with Crippen molar-refractivity contribution in [2.24, 2.45) is 7.05 Å². The lowest BCUT2D eigenvalue weighted by Gasteiger charge is -2.32. The molecule has 3 rings (SSSR count). The van der Waals surface area contributed by atoms with Gasteiger partial charge in [-0.1, -0.05) is 0 Å². The Labute approximate surface area is 129 Å². The van der Waals surface area contributed by atoms with E-state index in [0.29, 0.717) is 13.1 Å². The summed E-state index contributed by atoms with van der Waals surface area (Å²) >= 11 is 0. The van der Waals surface area contributed by atoms with E-state index in [9.17, 15) is 9.59 Å². The summed E-state index contributed by atoms with van der Waals surface area (Å²) in [6.45, 7) is 3.29. The van der Waals surface area contributed by atoms with E-state index in [-0.39, 0.29) is 23.1 Å². The Morgan fingerprint density at radius 1 is 1.41 bits per heavy atom. The van der Waals surface area contributed by atoms with Crippen LogP contribution in [0.3, 0.4) is 0 Å². The van der Waals surface area contributed by atoms with Crippen LogP contribution < -0.4 is 5.56 Å². The largest absolute Gasteiger partial charge is 0.336 e. The molecule has 6 nitrogen and oxygen atoms in total. The number of rotatable bonds is 2. The molecule has 0 N–H and O–H groups in total. The van der Waals surface area contributed by atoms with Gasteiger partial charge in [-0.2, -0.15) is 5.10 Å². The minimum absolute atomic E-state index is 0.180. The molecule has 1 amide bonds. The van der Waals surface area contributed by atoms with Crippen LogP contribution in [0.2, 0.25) is 0 Å². The summed E-state index contributed by atoms with van der Waals surface area (Å²) in [4.78, 5) is 26.5. The normalized spacial score (nSPS) is 18.5. The quantitative estimate of drug-likeness (QED) is 0.841. The first kappa shape index (κ1) is 14.6. The molecule has 1 saturated heterocycles. The molecule has 1 atom stereocenters. The van der Waals surface area contributed by atoms with Gasteiger partial charge in [0.05, 0.1) is 12.2 Å². The highest BCUT2D eigenvalue weighted by atomic mass is 16.2. The summed E-state index contributed by atoms with van der Waals surface area (Å²) in [6, 6.07) is 3.51. The molecule has 1 aliphatic rings. The average molecular weight is 300 g/mol. The number of carbonyl (C=O) groups is 1. The van der Waals surface area contributed by atoms with Crippen molar-refractivity contribution in [2.45, 2.75) is 25.8 Å². The predicted octanol–water partition coefficient (Wildman–Crippen LogP) is 1.37. The van der Waals surface area contributed by atoms with Gasteiger partial charge < -0.3 is 9.47 Å². The van der Waals surface area contributed by atoms with Crippen molar-refractivity contribution in [2.75, 3.05) is 13.1 Å². The van der Waals surface area contributed by atoms with Crippen molar-refractivity contribution in [1.82, 2.24) is 19.2 Å². The maximum atomic E-state index is 12.6. The Morgan fingerprint density at radius 2 is 2.23 bits per heavy atom. The lowest BCUT2D eigenvalue weighted by molar-refractivity contribution is 0.0670. The van der Waals surface area contributed by atoms with E-state index in [2.05, 4.69) is 5.10 Å². The lowest BCUT2D eigenvalue weighted by Crippen LogP contribution is -2.43. The van der Waals surface area contributed by atoms with E-state index in [1.165, 1.54) is 4.57 Å². The van der Waals surface area contributed by atoms with Crippen LogP contribution in [0.25, 0.3) is 0 Å². The van der Waals surface area contributed by atoms with Gasteiger partial charge in [0.25, 0.3) is 11.5 Å². The minimum Gasteiger partial charge on any atom is -0.336 e. The Morgan fingerprint density at radius 3 is 2.95 bits per heavy atom. The van der Waals surface area contributed by atoms with Crippen molar-refractivity contribution < 1.29 is 4.79 Å². The standard InChI is InChI=1S/C16H20N4O2/c1-12-9-17-20(10-12)13-5-3-8-19(11-13)16(22)14-6-4-7-18(2)15(14)21/h4,6-7,9-10,13H,3,5,8,11H2,1-2H3/t13-/m1/s1. The summed E-state index contributed by atoms with van der Waals surface area (Å²) in [5, 5.41) is 4.35. The minimum atomic E-state index is -0.246. The van der Waals surface area contributed by atoms with Gasteiger partial charge in [0.2, 0.25) is 0 Å². The van der Waals surface area contributed by atoms with Crippen molar-refractivity contribution in [3.8, 4) is 0 Å². The third-order valence-electron chi connectivity index (χ3n) is 4.14. The summed E-state index contributed by atoms with van der Waals surface area (Å²) in [6.07, 6.45) is 7.40. The Balaban J connectivity index is 1.81. The molecule has 0 radical (unpaired) electrons. The van der Waals surface area contributed by atoms with Crippen LogP contribution in [0.1, 0.15) is 34.8 Å². The van der Waals surface area contributed by atoms with E-state index in [0.717, 1.165) is 18.4 Å². The maximum absolute atomic E-state index is 12.6. The van der Waals surface area contributed by atoms with E-state index in [1.54, 1.807) is 30.3 Å². The monoisotopic (exact) mass is 300 g/mol. The molecule has 0 saturated carbocycles. The van der Waals surface area contributed by atoms with Gasteiger partial charge in [0, 0.05) is 32.5 Å². The first-order chi connectivity index (χ1) is 10.6. The number of likely N-dealkylation sites (tertiary alicyclic amines) is 1. The van der Waals surface area contributed by atoms with Gasteiger partial charge >= 0.3 is 0 Å². The van der Waals surface area contributed by atoms with E-state index in [4.69, 9.17) is 0 Å². The van der Waals surface area contributed by atoms with Gasteiger partial charge in [-0.05, 0) is 37.5 Å². The summed E-state index contributed by atoms with van der Waals surface area (Å²) in [7, 11) is 1.66. The molecular weight excluding hydrogens is 280 g/mol. The van der Waals surface area contributed by atoms with Crippen molar-refractivity contribution in [1.29, 1.82) is 0 Å². The SMILES string of the molecule is Cc1cnn([C@@H]2CCCN(C(=O)c3cccn(C)c3=O)C2)c1. The van der Waals surface area contributed by atoms with Crippen LogP contribution in [0.4, 0.5) is 0 Å². The smallest absolute Gasteiger partial charge is 0.263 e. The van der Waals surface area contributed by atoms with Crippen LogP contribution >= 0.6 is 0 Å². The van der Waals surface area contributed by atoms with E-state index in [1.807, 2.05) is 24.0 Å². The fraction of sp³-hybridized carbons (Fsp3) is 0.438. The average Bonchev–Trinajstić information content (AvgIpc) is 2.96. The fourth-order valence-electron chi connectivity index (χ4n) is 2.92. The first-order valence-corrected chi connectivity index (χ1v) is 7.52. The number of hydrogen-bond donors (Lipinski definition) is 0. The molecule has 0 spiro atoms. The molecule has 6 heteroatoms. The predicted molar refractivity (Wildman–Crippen MR) is 82.8 cm³/mol. The number of carbonyl (C=O) groups excluding carboxylic acids is 1. The van der Waals surface area contributed by atoms with Crippen molar-refractivity contribution >= 4 is 5.91 Å². The molecule has 116 valence electrons. The Hall–Kier alpha value is -2.37. The number of hydrogen-bond acceptors (Lipinski definition) is 3. The van der Waals surface area contributed by atoms with E-state index >= 15 is 0 Å². The number of pyridine rings is 1. The van der Waals surface area contributed by atoms with Crippen molar-refractivity contribution in [3.63, 3.8) is 0 Å². The van der Waals surface area contributed by atoms with Gasteiger partial charge in [0.1, 0.15) is 5.56 Å². The molecule has 1 aliphatic heterocycles. The second kappa shape index (κ2) is 5.79. The zero-order chi connectivity index (χ0) is 15.7. The molecule has 2 aromatic rings. The van der Waals surface area contributed by atoms with Gasteiger partial charge in [-0.15, -0.1) is 0 Å². The fourth-order valence-corrected chi connectivity index (χ4v) is 2.92. The first-order valence-electron chi connectivity index (χ1n) is 7.52. The van der Waals surface area contributed by atoms with Gasteiger partial charge in [0.15, 0.2) is 0 Å². The third kappa shape index (κ3) is 2.68. The summed E-state index contributed by atoms with van der Waals surface area (Å²) < 4.78 is 3.36. The molecule has 2 aromatic heterocycles. The zero-order valence-electron chi connectivity index (χ0n) is 12.9. The topological polar surface area (TPSA) is 60.1 Å². The number of nitrogens with zero attached hydrogens (tertiary/aromatic N) is 4. The highest BCUT2D eigenvalue weighted by Crippen LogP contribution is 2.22. The van der Waals surface area contributed by atoms with Crippen LogP contribution in [0.5, 0.6) is 0 Å². The second-order valence-corrected chi connectivity index (χ2v) is 5.88. The number of aromatic nitrogens is 3. The zero-order valence-corrected chi connectivity index (χ0v) is 12.9. The van der Waals surface area contributed by atoms with Crippen LogP contribution in [0.15, 0.2) is 35.5 Å². The summed E-state index contributed by atoms with van der Waals surface area (Å²) in [5.41, 5.74) is 1.10. The molecule has 0 aliphatic carbocycles. The van der Waals surface area contributed by atoms with Crippen LogP contribution in [-0.4, -0.2) is 38.2 Å².